The summed E-state index contributed by atoms with van der Waals surface area (Å²) >= 11 is 0. The summed E-state index contributed by atoms with van der Waals surface area (Å²) < 4.78 is 42.1. The lowest BCUT2D eigenvalue weighted by Crippen LogP contribution is -2.49. The first-order valence-corrected chi connectivity index (χ1v) is 11.8. The molecule has 1 unspecified atom stereocenters. The average molecular weight is 459 g/mol. The van der Waals surface area contributed by atoms with E-state index < -0.39 is 18.0 Å². The van der Waals surface area contributed by atoms with Gasteiger partial charge in [0.05, 0.1) is 17.2 Å². The molecule has 1 aromatic carbocycles. The van der Waals surface area contributed by atoms with Crippen LogP contribution in [0, 0.1) is 28.6 Å². The minimum absolute atomic E-state index is 0.0898. The highest BCUT2D eigenvalue weighted by Gasteiger charge is 2.50. The zero-order valence-electron chi connectivity index (χ0n) is 18.6. The number of anilines is 1. The van der Waals surface area contributed by atoms with Gasteiger partial charge in [-0.15, -0.1) is 0 Å². The molecule has 4 heterocycles. The number of aromatic nitrogens is 2. The molecule has 0 saturated carbocycles. The summed E-state index contributed by atoms with van der Waals surface area (Å²) in [4.78, 5) is 12.6. The molecular formula is C24H29F3N6. The van der Waals surface area contributed by atoms with Gasteiger partial charge in [-0.3, -0.25) is 9.97 Å². The highest BCUT2D eigenvalue weighted by molar-refractivity contribution is 5.92. The second kappa shape index (κ2) is 8.73. The molecule has 0 amide bonds. The number of benzene rings is 1. The van der Waals surface area contributed by atoms with Crippen molar-refractivity contribution in [3.05, 3.63) is 30.1 Å². The van der Waals surface area contributed by atoms with Crippen LogP contribution in [0.15, 0.2) is 24.5 Å². The maximum atomic E-state index is 14.0. The van der Waals surface area contributed by atoms with E-state index >= 15 is 0 Å². The van der Waals surface area contributed by atoms with E-state index in [1.807, 2.05) is 0 Å². The fraction of sp³-hybridized carbons (Fsp3) is 0.625. The van der Waals surface area contributed by atoms with E-state index in [1.165, 1.54) is 25.2 Å². The smallest absolute Gasteiger partial charge is 0.369 e. The van der Waals surface area contributed by atoms with Gasteiger partial charge < -0.3 is 15.1 Å². The first-order chi connectivity index (χ1) is 15.9. The Bertz CT molecular complexity index is 1030. The Kier molecular flexibility index (Phi) is 5.91. The lowest BCUT2D eigenvalue weighted by molar-refractivity contribution is -0.180. The minimum Gasteiger partial charge on any atom is -0.369 e. The molecule has 1 N–H and O–H groups in total. The molecule has 3 aliphatic rings. The number of nitrogens with zero attached hydrogens (tertiary/aromatic N) is 5. The predicted octanol–water partition coefficient (Wildman–Crippen LogP) is 3.58. The zero-order chi connectivity index (χ0) is 23.1. The van der Waals surface area contributed by atoms with Gasteiger partial charge in [-0.25, -0.2) is 0 Å². The molecule has 3 fully saturated rings. The van der Waals surface area contributed by atoms with Gasteiger partial charge in [0.2, 0.25) is 0 Å². The maximum absolute atomic E-state index is 14.0. The monoisotopic (exact) mass is 458 g/mol. The number of hydrogen-bond acceptors (Lipinski definition) is 6. The van der Waals surface area contributed by atoms with Crippen molar-refractivity contribution in [1.29, 1.82) is 5.26 Å². The third-order valence-electron chi connectivity index (χ3n) is 7.90. The highest BCUT2D eigenvalue weighted by Crippen LogP contribution is 2.42. The van der Waals surface area contributed by atoms with E-state index in [9.17, 15) is 18.4 Å². The van der Waals surface area contributed by atoms with Gasteiger partial charge in [0.1, 0.15) is 17.1 Å². The number of nitriles is 1. The Morgan fingerprint density at radius 2 is 1.85 bits per heavy atom. The molecule has 6 nitrogen and oxygen atoms in total. The second-order valence-corrected chi connectivity index (χ2v) is 9.89. The Labute approximate surface area is 191 Å². The summed E-state index contributed by atoms with van der Waals surface area (Å²) in [6.07, 6.45) is 3.30. The molecule has 2 aromatic rings. The second-order valence-electron chi connectivity index (χ2n) is 9.89. The van der Waals surface area contributed by atoms with Crippen molar-refractivity contribution >= 4 is 16.7 Å². The number of likely N-dealkylation sites (tertiary alicyclic amines) is 1. The number of halogens is 3. The third kappa shape index (κ3) is 4.38. The summed E-state index contributed by atoms with van der Waals surface area (Å²) in [5, 5.41) is 12.9. The molecule has 1 spiro atoms. The van der Waals surface area contributed by atoms with Crippen molar-refractivity contribution in [3.8, 4) is 6.07 Å². The molecule has 33 heavy (non-hydrogen) atoms. The van der Waals surface area contributed by atoms with Crippen molar-refractivity contribution in [2.45, 2.75) is 31.9 Å². The number of rotatable bonds is 3. The van der Waals surface area contributed by atoms with Gasteiger partial charge in [0.15, 0.2) is 0 Å². The summed E-state index contributed by atoms with van der Waals surface area (Å²) in [5.74, 6) is -1.88. The number of piperidine rings is 2. The predicted molar refractivity (Wildman–Crippen MR) is 120 cm³/mol. The SMILES string of the molecule is N#Cc1ccc(N2CC(C(F)(F)F)[C@@H](CN3CCC4(CCCNC4)CC3)C2)c2nccnc12. The topological polar surface area (TPSA) is 68.1 Å². The molecule has 0 bridgehead atoms. The van der Waals surface area contributed by atoms with Gasteiger partial charge in [0, 0.05) is 44.5 Å². The summed E-state index contributed by atoms with van der Waals surface area (Å²) in [6, 6.07) is 5.44. The Hall–Kier alpha value is -2.44. The van der Waals surface area contributed by atoms with Crippen LogP contribution in [0.4, 0.5) is 18.9 Å². The normalized spacial score (nSPS) is 26.1. The minimum atomic E-state index is -4.25. The van der Waals surface area contributed by atoms with Crippen LogP contribution in [0.2, 0.25) is 0 Å². The van der Waals surface area contributed by atoms with E-state index in [-0.39, 0.29) is 6.54 Å². The molecule has 3 saturated heterocycles. The molecular weight excluding hydrogens is 429 g/mol. The van der Waals surface area contributed by atoms with E-state index in [2.05, 4.69) is 26.3 Å². The molecule has 5 rings (SSSR count). The number of fused-ring (bicyclic) bond motifs is 1. The zero-order valence-corrected chi connectivity index (χ0v) is 18.6. The van der Waals surface area contributed by atoms with Crippen LogP contribution in [0.1, 0.15) is 31.2 Å². The fourth-order valence-corrected chi connectivity index (χ4v) is 6.01. The van der Waals surface area contributed by atoms with Crippen LogP contribution in [-0.2, 0) is 0 Å². The number of nitrogens with one attached hydrogen (secondary N) is 1. The van der Waals surface area contributed by atoms with Crippen molar-refractivity contribution in [1.82, 2.24) is 20.2 Å². The molecule has 2 atom stereocenters. The average Bonchev–Trinajstić information content (AvgIpc) is 3.25. The van der Waals surface area contributed by atoms with Crippen LogP contribution < -0.4 is 10.2 Å². The number of alkyl halides is 3. The quantitative estimate of drug-likeness (QED) is 0.759. The van der Waals surface area contributed by atoms with Gasteiger partial charge in [0.25, 0.3) is 0 Å². The molecule has 9 heteroatoms. The van der Waals surface area contributed by atoms with Crippen molar-refractivity contribution in [2.24, 2.45) is 17.3 Å². The maximum Gasteiger partial charge on any atom is 0.393 e. The Morgan fingerprint density at radius 1 is 1.09 bits per heavy atom. The van der Waals surface area contributed by atoms with Gasteiger partial charge in [-0.2, -0.15) is 18.4 Å². The Morgan fingerprint density at radius 3 is 2.52 bits per heavy atom. The first-order valence-electron chi connectivity index (χ1n) is 11.8. The highest BCUT2D eigenvalue weighted by atomic mass is 19.4. The van der Waals surface area contributed by atoms with Crippen molar-refractivity contribution < 1.29 is 13.2 Å². The van der Waals surface area contributed by atoms with E-state index in [0.717, 1.165) is 39.0 Å². The van der Waals surface area contributed by atoms with Crippen molar-refractivity contribution in [2.75, 3.05) is 50.7 Å². The molecule has 0 aliphatic carbocycles. The molecule has 176 valence electrons. The van der Waals surface area contributed by atoms with E-state index in [0.29, 0.717) is 40.8 Å². The summed E-state index contributed by atoms with van der Waals surface area (Å²) in [5.41, 5.74) is 2.26. The van der Waals surface area contributed by atoms with Gasteiger partial charge in [-0.05, 0) is 62.9 Å². The first kappa shape index (κ1) is 22.4. The van der Waals surface area contributed by atoms with E-state index in [1.54, 1.807) is 17.0 Å². The lowest BCUT2D eigenvalue weighted by atomic mass is 9.73. The van der Waals surface area contributed by atoms with Crippen LogP contribution in [0.5, 0.6) is 0 Å². The third-order valence-corrected chi connectivity index (χ3v) is 7.90. The number of hydrogen-bond donors (Lipinski definition) is 1. The van der Waals surface area contributed by atoms with Crippen LogP contribution in [0.3, 0.4) is 0 Å². The van der Waals surface area contributed by atoms with Gasteiger partial charge in [-0.1, -0.05) is 0 Å². The molecule has 3 aliphatic heterocycles. The fourth-order valence-electron chi connectivity index (χ4n) is 6.01. The van der Waals surface area contributed by atoms with Crippen LogP contribution in [-0.4, -0.2) is 66.9 Å². The molecule has 0 radical (unpaired) electrons. The van der Waals surface area contributed by atoms with Crippen molar-refractivity contribution in [3.63, 3.8) is 0 Å². The van der Waals surface area contributed by atoms with Crippen LogP contribution >= 0.6 is 0 Å². The summed E-state index contributed by atoms with van der Waals surface area (Å²) in [6.45, 7) is 4.55. The standard InChI is InChI=1S/C24H29F3N6/c25-24(26,27)19-15-33(20-3-2-17(12-28)21-22(20)31-9-8-30-21)14-18(19)13-32-10-5-23(6-11-32)4-1-7-29-16-23/h2-3,8-9,18-19,29H,1,4-7,10-11,13-16H2/t18-,19?/m0/s1. The van der Waals surface area contributed by atoms with E-state index in [4.69, 9.17) is 0 Å². The lowest BCUT2D eigenvalue weighted by Gasteiger charge is -2.45. The Balaban J connectivity index is 1.34. The largest absolute Gasteiger partial charge is 0.393 e. The van der Waals surface area contributed by atoms with Crippen LogP contribution in [0.25, 0.3) is 11.0 Å². The summed E-state index contributed by atoms with van der Waals surface area (Å²) in [7, 11) is 0. The van der Waals surface area contributed by atoms with Gasteiger partial charge >= 0.3 is 6.18 Å². The molecule has 1 aromatic heterocycles.